The largest absolute Gasteiger partial charge is 0.292 e. The van der Waals surface area contributed by atoms with Gasteiger partial charge < -0.3 is 0 Å². The van der Waals surface area contributed by atoms with E-state index in [4.69, 9.17) is 5.26 Å². The Morgan fingerprint density at radius 3 is 2.29 bits per heavy atom. The predicted molar refractivity (Wildman–Crippen MR) is 59.2 cm³/mol. The van der Waals surface area contributed by atoms with Crippen LogP contribution in [0, 0.1) is 34.8 Å². The number of nitrogens with zero attached hydrogens (tertiary/aromatic N) is 1. The molecule has 90 valence electrons. The summed E-state index contributed by atoms with van der Waals surface area (Å²) in [7, 11) is 0. The van der Waals surface area contributed by atoms with E-state index in [0.717, 1.165) is 12.1 Å². The minimum atomic E-state index is -0.999. The Bertz CT molecular complexity index is 443. The quantitative estimate of drug-likeness (QED) is 0.753. The summed E-state index contributed by atoms with van der Waals surface area (Å²) in [4.78, 5) is 11.9. The maximum atomic E-state index is 13.4. The molecule has 0 radical (unpaired) electrons. The van der Waals surface area contributed by atoms with Gasteiger partial charge in [0.2, 0.25) is 0 Å². The molecule has 0 aliphatic rings. The Balaban J connectivity index is 3.07. The van der Waals surface area contributed by atoms with Gasteiger partial charge in [-0.15, -0.1) is 0 Å². The number of Topliss-reactive ketones (excluding diaryl/α,β-unsaturated/α-hetero) is 1. The Morgan fingerprint density at radius 1 is 1.35 bits per heavy atom. The molecule has 0 aromatic heterocycles. The molecule has 17 heavy (non-hydrogen) atoms. The molecule has 0 aliphatic carbocycles. The van der Waals surface area contributed by atoms with Crippen LogP contribution in [0.2, 0.25) is 0 Å². The molecule has 1 unspecified atom stereocenters. The van der Waals surface area contributed by atoms with Crippen molar-refractivity contribution in [3.05, 3.63) is 35.4 Å². The Morgan fingerprint density at radius 2 is 1.88 bits per heavy atom. The molecule has 0 spiro atoms. The molecule has 0 saturated heterocycles. The number of carbonyl (C=O) groups excluding carboxylic acids is 1. The zero-order chi connectivity index (χ0) is 13.0. The molecule has 0 saturated carbocycles. The summed E-state index contributed by atoms with van der Waals surface area (Å²) in [5.74, 6) is -3.50. The van der Waals surface area contributed by atoms with Crippen LogP contribution in [0.15, 0.2) is 18.2 Å². The van der Waals surface area contributed by atoms with Crippen LogP contribution < -0.4 is 0 Å². The van der Waals surface area contributed by atoms with Crippen molar-refractivity contribution in [1.29, 1.82) is 5.26 Å². The van der Waals surface area contributed by atoms with Gasteiger partial charge >= 0.3 is 0 Å². The van der Waals surface area contributed by atoms with Crippen molar-refractivity contribution < 1.29 is 13.6 Å². The van der Waals surface area contributed by atoms with Crippen LogP contribution >= 0.6 is 0 Å². The van der Waals surface area contributed by atoms with Crippen molar-refractivity contribution in [1.82, 2.24) is 0 Å². The van der Waals surface area contributed by atoms with Gasteiger partial charge in [-0.25, -0.2) is 8.78 Å². The third kappa shape index (κ3) is 3.10. The maximum absolute atomic E-state index is 13.4. The Labute approximate surface area is 98.9 Å². The average Bonchev–Trinajstić information content (AvgIpc) is 2.25. The standard InChI is InChI=1S/C13H13F2NO/c1-8(2)6-9(7-16)13(17)12-10(14)4-3-5-11(12)15/h3-5,8-9H,6H2,1-2H3. The predicted octanol–water partition coefficient (Wildman–Crippen LogP) is 3.33. The highest BCUT2D eigenvalue weighted by Crippen LogP contribution is 2.21. The van der Waals surface area contributed by atoms with Crippen molar-refractivity contribution in [2.45, 2.75) is 20.3 Å². The summed E-state index contributed by atoms with van der Waals surface area (Å²) >= 11 is 0. The van der Waals surface area contributed by atoms with E-state index in [1.807, 2.05) is 13.8 Å². The highest BCUT2D eigenvalue weighted by molar-refractivity contribution is 5.99. The number of rotatable bonds is 4. The van der Waals surface area contributed by atoms with E-state index < -0.39 is 28.9 Å². The van der Waals surface area contributed by atoms with Crippen molar-refractivity contribution in [2.75, 3.05) is 0 Å². The van der Waals surface area contributed by atoms with E-state index in [0.29, 0.717) is 6.42 Å². The van der Waals surface area contributed by atoms with Gasteiger partial charge in [-0.1, -0.05) is 19.9 Å². The van der Waals surface area contributed by atoms with Gasteiger partial charge in [-0.05, 0) is 24.5 Å². The third-order valence-electron chi connectivity index (χ3n) is 2.39. The number of nitriles is 1. The summed E-state index contributed by atoms with van der Waals surface area (Å²) in [5.41, 5.74) is -0.611. The molecular formula is C13H13F2NO. The second-order valence-corrected chi connectivity index (χ2v) is 4.27. The van der Waals surface area contributed by atoms with E-state index in [1.165, 1.54) is 6.07 Å². The summed E-state index contributed by atoms with van der Waals surface area (Å²) in [6.07, 6.45) is 0.295. The van der Waals surface area contributed by atoms with Gasteiger partial charge in [0, 0.05) is 0 Å². The van der Waals surface area contributed by atoms with Gasteiger partial charge in [0.1, 0.15) is 17.6 Å². The number of hydrogen-bond donors (Lipinski definition) is 0. The molecule has 0 bridgehead atoms. The number of hydrogen-bond acceptors (Lipinski definition) is 2. The normalized spacial score (nSPS) is 12.2. The Kier molecular flexibility index (Phi) is 4.33. The lowest BCUT2D eigenvalue weighted by molar-refractivity contribution is 0.0928. The fraction of sp³-hybridized carbons (Fsp3) is 0.385. The van der Waals surface area contributed by atoms with Crippen molar-refractivity contribution in [2.24, 2.45) is 11.8 Å². The van der Waals surface area contributed by atoms with Gasteiger partial charge in [-0.2, -0.15) is 5.26 Å². The van der Waals surface area contributed by atoms with Gasteiger partial charge in [-0.3, -0.25) is 4.79 Å². The van der Waals surface area contributed by atoms with E-state index in [2.05, 4.69) is 0 Å². The number of benzene rings is 1. The zero-order valence-corrected chi connectivity index (χ0v) is 9.71. The monoisotopic (exact) mass is 237 g/mol. The molecule has 4 heteroatoms. The van der Waals surface area contributed by atoms with Crippen molar-refractivity contribution in [3.8, 4) is 6.07 Å². The van der Waals surface area contributed by atoms with Crippen LogP contribution in [-0.4, -0.2) is 5.78 Å². The zero-order valence-electron chi connectivity index (χ0n) is 9.71. The van der Waals surface area contributed by atoms with Crippen LogP contribution in [0.5, 0.6) is 0 Å². The Hall–Kier alpha value is -1.76. The van der Waals surface area contributed by atoms with Crippen LogP contribution in [0.3, 0.4) is 0 Å². The van der Waals surface area contributed by atoms with Gasteiger partial charge in [0.05, 0.1) is 11.6 Å². The first kappa shape index (κ1) is 13.3. The SMILES string of the molecule is CC(C)CC(C#N)C(=O)c1c(F)cccc1F. The summed E-state index contributed by atoms with van der Waals surface area (Å²) < 4.78 is 26.7. The number of halogens is 2. The highest BCUT2D eigenvalue weighted by atomic mass is 19.1. The lowest BCUT2D eigenvalue weighted by Crippen LogP contribution is -2.18. The minimum absolute atomic E-state index is 0.110. The molecule has 1 aromatic rings. The number of ketones is 1. The second-order valence-electron chi connectivity index (χ2n) is 4.27. The fourth-order valence-corrected chi connectivity index (χ4v) is 1.60. The van der Waals surface area contributed by atoms with Crippen molar-refractivity contribution in [3.63, 3.8) is 0 Å². The molecule has 0 aliphatic heterocycles. The van der Waals surface area contributed by atoms with Gasteiger partial charge in [0.25, 0.3) is 0 Å². The molecule has 0 fully saturated rings. The molecule has 1 aromatic carbocycles. The molecule has 0 heterocycles. The van der Waals surface area contributed by atoms with Crippen LogP contribution in [0.4, 0.5) is 8.78 Å². The topological polar surface area (TPSA) is 40.9 Å². The molecule has 1 rings (SSSR count). The first-order valence-corrected chi connectivity index (χ1v) is 5.35. The average molecular weight is 237 g/mol. The molecule has 0 N–H and O–H groups in total. The first-order valence-electron chi connectivity index (χ1n) is 5.35. The van der Waals surface area contributed by atoms with Crippen LogP contribution in [-0.2, 0) is 0 Å². The lowest BCUT2D eigenvalue weighted by atomic mass is 9.90. The summed E-state index contributed by atoms with van der Waals surface area (Å²) in [5, 5.41) is 8.87. The highest BCUT2D eigenvalue weighted by Gasteiger charge is 2.26. The molecule has 0 amide bonds. The molecular weight excluding hydrogens is 224 g/mol. The lowest BCUT2D eigenvalue weighted by Gasteiger charge is -2.11. The third-order valence-corrected chi connectivity index (χ3v) is 2.39. The number of carbonyl (C=O) groups is 1. The summed E-state index contributed by atoms with van der Waals surface area (Å²) in [6, 6.07) is 5.02. The van der Waals surface area contributed by atoms with Crippen LogP contribution in [0.25, 0.3) is 0 Å². The molecule has 2 nitrogen and oxygen atoms in total. The fourth-order valence-electron chi connectivity index (χ4n) is 1.60. The second kappa shape index (κ2) is 5.53. The van der Waals surface area contributed by atoms with E-state index >= 15 is 0 Å². The van der Waals surface area contributed by atoms with Crippen LogP contribution in [0.1, 0.15) is 30.6 Å². The molecule has 1 atom stereocenters. The van der Waals surface area contributed by atoms with Crippen molar-refractivity contribution >= 4 is 5.78 Å². The van der Waals surface area contributed by atoms with E-state index in [9.17, 15) is 13.6 Å². The van der Waals surface area contributed by atoms with E-state index in [-0.39, 0.29) is 5.92 Å². The van der Waals surface area contributed by atoms with E-state index in [1.54, 1.807) is 6.07 Å². The summed E-state index contributed by atoms with van der Waals surface area (Å²) in [6.45, 7) is 3.69. The smallest absolute Gasteiger partial charge is 0.185 e. The first-order chi connectivity index (χ1) is 7.97. The maximum Gasteiger partial charge on any atom is 0.185 e. The minimum Gasteiger partial charge on any atom is -0.292 e. The van der Waals surface area contributed by atoms with Gasteiger partial charge in [0.15, 0.2) is 5.78 Å².